The van der Waals surface area contributed by atoms with E-state index in [1.807, 2.05) is 6.07 Å². The number of nitrogens with one attached hydrogen (secondary N) is 1. The molecule has 1 nitrogen and oxygen atoms in total. The topological polar surface area (TPSA) is 12.0 Å². The molecule has 0 aromatic heterocycles. The molecule has 0 amide bonds. The Morgan fingerprint density at radius 1 is 1.25 bits per heavy atom. The van der Waals surface area contributed by atoms with E-state index in [9.17, 15) is 0 Å². The third kappa shape index (κ3) is 2.26. The maximum Gasteiger partial charge on any atom is 0.0408 e. The van der Waals surface area contributed by atoms with Crippen molar-refractivity contribution in [3.05, 3.63) is 34.9 Å². The lowest BCUT2D eigenvalue weighted by Crippen LogP contribution is -2.16. The molecule has 0 spiro atoms. The summed E-state index contributed by atoms with van der Waals surface area (Å²) >= 11 is 6.03. The zero-order chi connectivity index (χ0) is 11.0. The molecule has 1 aromatic rings. The molecule has 2 atom stereocenters. The molecule has 1 aliphatic carbocycles. The first kappa shape index (κ1) is 10.6. The second kappa shape index (κ2) is 4.38. The van der Waals surface area contributed by atoms with Gasteiger partial charge in [0.2, 0.25) is 0 Å². The van der Waals surface area contributed by atoms with Gasteiger partial charge in [0, 0.05) is 5.02 Å². The van der Waals surface area contributed by atoms with Crippen molar-refractivity contribution in [2.24, 2.45) is 17.8 Å². The lowest BCUT2D eigenvalue weighted by Gasteiger charge is -2.17. The van der Waals surface area contributed by atoms with Gasteiger partial charge in [0.15, 0.2) is 0 Å². The van der Waals surface area contributed by atoms with E-state index in [2.05, 4.69) is 23.5 Å². The van der Waals surface area contributed by atoms with E-state index in [0.29, 0.717) is 0 Å². The van der Waals surface area contributed by atoms with Crippen LogP contribution in [0.3, 0.4) is 0 Å². The maximum atomic E-state index is 6.03. The summed E-state index contributed by atoms with van der Waals surface area (Å²) in [6.45, 7) is 2.42. The van der Waals surface area contributed by atoms with Gasteiger partial charge in [-0.3, -0.25) is 0 Å². The first-order chi connectivity index (χ1) is 7.83. The van der Waals surface area contributed by atoms with E-state index in [0.717, 1.165) is 22.8 Å². The van der Waals surface area contributed by atoms with E-state index >= 15 is 0 Å². The number of hydrogen-bond donors (Lipinski definition) is 1. The monoisotopic (exact) mass is 235 g/mol. The molecular formula is C14H18ClN. The normalized spacial score (nSPS) is 29.6. The number of rotatable bonds is 3. The Kier molecular flexibility index (Phi) is 2.91. The van der Waals surface area contributed by atoms with E-state index in [1.165, 1.54) is 37.9 Å². The van der Waals surface area contributed by atoms with Crippen LogP contribution in [0.2, 0.25) is 5.02 Å². The molecule has 0 unspecified atom stereocenters. The molecule has 1 heterocycles. The van der Waals surface area contributed by atoms with Crippen LogP contribution in [0.25, 0.3) is 0 Å². The predicted molar refractivity (Wildman–Crippen MR) is 67.7 cm³/mol. The Balaban J connectivity index is 1.69. The molecule has 16 heavy (non-hydrogen) atoms. The lowest BCUT2D eigenvalue weighted by atomic mass is 9.86. The van der Waals surface area contributed by atoms with Crippen LogP contribution in [-0.2, 0) is 6.42 Å². The molecule has 0 bridgehead atoms. The van der Waals surface area contributed by atoms with Crippen LogP contribution in [0.5, 0.6) is 0 Å². The quantitative estimate of drug-likeness (QED) is 0.849. The molecule has 2 aliphatic rings. The number of halogens is 1. The molecule has 1 N–H and O–H groups in total. The van der Waals surface area contributed by atoms with Gasteiger partial charge in [-0.15, -0.1) is 0 Å². The molecule has 2 fully saturated rings. The third-order valence-electron chi connectivity index (χ3n) is 4.01. The van der Waals surface area contributed by atoms with Gasteiger partial charge in [0.05, 0.1) is 0 Å². The largest absolute Gasteiger partial charge is 0.316 e. The van der Waals surface area contributed by atoms with Crippen LogP contribution >= 0.6 is 11.6 Å². The molecule has 3 rings (SSSR count). The Hall–Kier alpha value is -0.530. The van der Waals surface area contributed by atoms with Gasteiger partial charge in [-0.1, -0.05) is 23.7 Å². The summed E-state index contributed by atoms with van der Waals surface area (Å²) in [6, 6.07) is 8.33. The van der Waals surface area contributed by atoms with Crippen molar-refractivity contribution in [3.63, 3.8) is 0 Å². The van der Waals surface area contributed by atoms with Crippen LogP contribution in [0, 0.1) is 17.8 Å². The SMILES string of the molecule is Clc1cccc(C[C@H]2CNC[C@@H]2C2CC2)c1. The Bertz CT molecular complexity index is 373. The van der Waals surface area contributed by atoms with Crippen molar-refractivity contribution in [2.45, 2.75) is 19.3 Å². The summed E-state index contributed by atoms with van der Waals surface area (Å²) in [6.07, 6.45) is 4.10. The summed E-state index contributed by atoms with van der Waals surface area (Å²) in [5, 5.41) is 4.41. The fourth-order valence-electron chi connectivity index (χ4n) is 3.02. The van der Waals surface area contributed by atoms with Crippen molar-refractivity contribution in [1.82, 2.24) is 5.32 Å². The molecule has 1 saturated carbocycles. The van der Waals surface area contributed by atoms with Gasteiger partial charge in [-0.25, -0.2) is 0 Å². The fourth-order valence-corrected chi connectivity index (χ4v) is 3.23. The summed E-state index contributed by atoms with van der Waals surface area (Å²) in [5.74, 6) is 2.75. The molecule has 1 saturated heterocycles. The highest BCUT2D eigenvalue weighted by Gasteiger charge is 2.38. The summed E-state index contributed by atoms with van der Waals surface area (Å²) in [7, 11) is 0. The highest BCUT2D eigenvalue weighted by Crippen LogP contribution is 2.42. The first-order valence-electron chi connectivity index (χ1n) is 6.28. The molecule has 86 valence electrons. The van der Waals surface area contributed by atoms with Gasteiger partial charge in [0.1, 0.15) is 0 Å². The van der Waals surface area contributed by atoms with Crippen molar-refractivity contribution in [1.29, 1.82) is 0 Å². The minimum atomic E-state index is 0.825. The summed E-state index contributed by atoms with van der Waals surface area (Å²) < 4.78 is 0. The van der Waals surface area contributed by atoms with Crippen molar-refractivity contribution >= 4 is 11.6 Å². The van der Waals surface area contributed by atoms with Crippen molar-refractivity contribution < 1.29 is 0 Å². The minimum Gasteiger partial charge on any atom is -0.316 e. The van der Waals surface area contributed by atoms with E-state index in [-0.39, 0.29) is 0 Å². The number of benzene rings is 1. The van der Waals surface area contributed by atoms with Crippen LogP contribution in [-0.4, -0.2) is 13.1 Å². The second-order valence-electron chi connectivity index (χ2n) is 5.25. The maximum absolute atomic E-state index is 6.03. The van der Waals surface area contributed by atoms with Crippen LogP contribution in [0.1, 0.15) is 18.4 Å². The second-order valence-corrected chi connectivity index (χ2v) is 5.69. The fraction of sp³-hybridized carbons (Fsp3) is 0.571. The van der Waals surface area contributed by atoms with Crippen LogP contribution in [0.15, 0.2) is 24.3 Å². The van der Waals surface area contributed by atoms with E-state index < -0.39 is 0 Å². The van der Waals surface area contributed by atoms with Crippen LogP contribution < -0.4 is 5.32 Å². The molecule has 0 radical (unpaired) electrons. The predicted octanol–water partition coefficient (Wildman–Crippen LogP) is 3.13. The van der Waals surface area contributed by atoms with Gasteiger partial charge >= 0.3 is 0 Å². The zero-order valence-corrected chi connectivity index (χ0v) is 10.2. The first-order valence-corrected chi connectivity index (χ1v) is 6.66. The van der Waals surface area contributed by atoms with Crippen molar-refractivity contribution in [3.8, 4) is 0 Å². The molecule has 1 aliphatic heterocycles. The minimum absolute atomic E-state index is 0.825. The standard InChI is InChI=1S/C14H18ClN/c15-13-3-1-2-10(7-13)6-12-8-16-9-14(12)11-4-5-11/h1-3,7,11-12,14,16H,4-6,8-9H2/t12-,14+/m0/s1. The van der Waals surface area contributed by atoms with Gasteiger partial charge < -0.3 is 5.32 Å². The Labute approximate surface area is 102 Å². The highest BCUT2D eigenvalue weighted by molar-refractivity contribution is 6.30. The molecule has 2 heteroatoms. The smallest absolute Gasteiger partial charge is 0.0408 e. The Morgan fingerprint density at radius 2 is 2.12 bits per heavy atom. The van der Waals surface area contributed by atoms with Crippen molar-refractivity contribution in [2.75, 3.05) is 13.1 Å². The third-order valence-corrected chi connectivity index (χ3v) is 4.24. The highest BCUT2D eigenvalue weighted by atomic mass is 35.5. The average molecular weight is 236 g/mol. The summed E-state index contributed by atoms with van der Waals surface area (Å²) in [4.78, 5) is 0. The van der Waals surface area contributed by atoms with Gasteiger partial charge in [-0.05, 0) is 67.8 Å². The van der Waals surface area contributed by atoms with E-state index in [4.69, 9.17) is 11.6 Å². The number of hydrogen-bond acceptors (Lipinski definition) is 1. The van der Waals surface area contributed by atoms with Gasteiger partial charge in [-0.2, -0.15) is 0 Å². The average Bonchev–Trinajstić information content (AvgIpc) is 3.00. The molecular weight excluding hydrogens is 218 g/mol. The van der Waals surface area contributed by atoms with E-state index in [1.54, 1.807) is 0 Å². The summed E-state index contributed by atoms with van der Waals surface area (Å²) in [5.41, 5.74) is 1.40. The van der Waals surface area contributed by atoms with Gasteiger partial charge in [0.25, 0.3) is 0 Å². The lowest BCUT2D eigenvalue weighted by molar-refractivity contribution is 0.373. The molecule has 1 aromatic carbocycles. The van der Waals surface area contributed by atoms with Crippen LogP contribution in [0.4, 0.5) is 0 Å². The zero-order valence-electron chi connectivity index (χ0n) is 9.45. The Morgan fingerprint density at radius 3 is 2.88 bits per heavy atom.